The lowest BCUT2D eigenvalue weighted by atomic mass is 9.92. The molecule has 0 unspecified atom stereocenters. The van der Waals surface area contributed by atoms with Gasteiger partial charge in [-0.15, -0.1) is 0 Å². The number of carbonyl (C=O) groups excluding carboxylic acids is 2. The van der Waals surface area contributed by atoms with Gasteiger partial charge in [-0.1, -0.05) is 0 Å². The SMILES string of the molecule is CC(=O)N1CCC(C(=O)N2CCC(CS(C)(=O)=O)CC2)CC1. The van der Waals surface area contributed by atoms with Crippen LogP contribution in [-0.4, -0.2) is 68.2 Å². The highest BCUT2D eigenvalue weighted by molar-refractivity contribution is 7.90. The largest absolute Gasteiger partial charge is 0.343 e. The number of hydrogen-bond donors (Lipinski definition) is 0. The first-order chi connectivity index (χ1) is 10.3. The predicted octanol–water partition coefficient (Wildman–Crippen LogP) is 0.528. The van der Waals surface area contributed by atoms with Crippen LogP contribution in [0, 0.1) is 11.8 Å². The Balaban J connectivity index is 1.79. The van der Waals surface area contributed by atoms with Crippen LogP contribution in [0.25, 0.3) is 0 Å². The van der Waals surface area contributed by atoms with Gasteiger partial charge in [0.2, 0.25) is 11.8 Å². The fraction of sp³-hybridized carbons (Fsp3) is 0.867. The molecule has 2 heterocycles. The molecule has 0 aliphatic carbocycles. The Kier molecular flexibility index (Phi) is 5.47. The van der Waals surface area contributed by atoms with Gasteiger partial charge in [0, 0.05) is 45.3 Å². The van der Waals surface area contributed by atoms with Gasteiger partial charge in [0.15, 0.2) is 0 Å². The smallest absolute Gasteiger partial charge is 0.225 e. The summed E-state index contributed by atoms with van der Waals surface area (Å²) in [5, 5.41) is 0. The monoisotopic (exact) mass is 330 g/mol. The molecule has 0 spiro atoms. The zero-order valence-corrected chi connectivity index (χ0v) is 14.3. The molecule has 0 bridgehead atoms. The van der Waals surface area contributed by atoms with Crippen LogP contribution in [0.4, 0.5) is 0 Å². The molecule has 0 aromatic heterocycles. The minimum absolute atomic E-state index is 0.0158. The van der Waals surface area contributed by atoms with Gasteiger partial charge in [0.25, 0.3) is 0 Å². The van der Waals surface area contributed by atoms with E-state index in [2.05, 4.69) is 0 Å². The Morgan fingerprint density at radius 2 is 1.45 bits per heavy atom. The molecule has 0 aromatic carbocycles. The Morgan fingerprint density at radius 1 is 0.955 bits per heavy atom. The average Bonchev–Trinajstić information content (AvgIpc) is 2.46. The van der Waals surface area contributed by atoms with E-state index in [4.69, 9.17) is 0 Å². The number of rotatable bonds is 3. The topological polar surface area (TPSA) is 74.8 Å². The van der Waals surface area contributed by atoms with Gasteiger partial charge in [0.05, 0.1) is 5.75 Å². The summed E-state index contributed by atoms with van der Waals surface area (Å²) in [4.78, 5) is 27.5. The van der Waals surface area contributed by atoms with Gasteiger partial charge in [0.1, 0.15) is 9.84 Å². The van der Waals surface area contributed by atoms with E-state index in [0.717, 1.165) is 25.7 Å². The summed E-state index contributed by atoms with van der Waals surface area (Å²) < 4.78 is 22.7. The molecule has 2 saturated heterocycles. The lowest BCUT2D eigenvalue weighted by Crippen LogP contribution is -2.46. The van der Waals surface area contributed by atoms with Crippen LogP contribution in [0.3, 0.4) is 0 Å². The third-order valence-corrected chi connectivity index (χ3v) is 5.83. The predicted molar refractivity (Wildman–Crippen MR) is 84.0 cm³/mol. The third kappa shape index (κ3) is 4.69. The second-order valence-corrected chi connectivity index (χ2v) is 8.83. The molecule has 126 valence electrons. The first-order valence-electron chi connectivity index (χ1n) is 7.98. The summed E-state index contributed by atoms with van der Waals surface area (Å²) in [5.41, 5.74) is 0. The van der Waals surface area contributed by atoms with Crippen molar-refractivity contribution in [1.29, 1.82) is 0 Å². The van der Waals surface area contributed by atoms with Crippen molar-refractivity contribution >= 4 is 21.7 Å². The molecule has 2 aliphatic rings. The zero-order valence-electron chi connectivity index (χ0n) is 13.5. The van der Waals surface area contributed by atoms with E-state index in [0.29, 0.717) is 26.2 Å². The van der Waals surface area contributed by atoms with Gasteiger partial charge in [-0.25, -0.2) is 8.42 Å². The summed E-state index contributed by atoms with van der Waals surface area (Å²) >= 11 is 0. The maximum Gasteiger partial charge on any atom is 0.225 e. The Bertz CT molecular complexity index is 516. The Labute approximate surface area is 132 Å². The van der Waals surface area contributed by atoms with Gasteiger partial charge in [-0.05, 0) is 31.6 Å². The highest BCUT2D eigenvalue weighted by atomic mass is 32.2. The molecule has 0 radical (unpaired) electrons. The number of sulfone groups is 1. The minimum atomic E-state index is -2.94. The molecule has 2 rings (SSSR count). The van der Waals surface area contributed by atoms with Crippen LogP contribution in [0.1, 0.15) is 32.6 Å². The third-order valence-electron chi connectivity index (χ3n) is 4.75. The van der Waals surface area contributed by atoms with Crippen molar-refractivity contribution in [2.75, 3.05) is 38.2 Å². The van der Waals surface area contributed by atoms with Crippen LogP contribution < -0.4 is 0 Å². The molecule has 0 N–H and O–H groups in total. The summed E-state index contributed by atoms with van der Waals surface area (Å²) in [6.07, 6.45) is 4.28. The molecule has 0 aromatic rings. The Hall–Kier alpha value is -1.11. The van der Waals surface area contributed by atoms with Crippen molar-refractivity contribution in [3.8, 4) is 0 Å². The molecule has 0 atom stereocenters. The maximum atomic E-state index is 12.5. The van der Waals surface area contributed by atoms with Crippen LogP contribution in [0.5, 0.6) is 0 Å². The van der Waals surface area contributed by atoms with Gasteiger partial charge in [-0.3, -0.25) is 9.59 Å². The Morgan fingerprint density at radius 3 is 1.91 bits per heavy atom. The summed E-state index contributed by atoms with van der Waals surface area (Å²) in [6.45, 7) is 4.21. The van der Waals surface area contributed by atoms with Crippen LogP contribution in [-0.2, 0) is 19.4 Å². The van der Waals surface area contributed by atoms with E-state index in [9.17, 15) is 18.0 Å². The van der Waals surface area contributed by atoms with Gasteiger partial charge < -0.3 is 9.80 Å². The van der Waals surface area contributed by atoms with Crippen LogP contribution in [0.2, 0.25) is 0 Å². The molecular weight excluding hydrogens is 304 g/mol. The van der Waals surface area contributed by atoms with Crippen LogP contribution >= 0.6 is 0 Å². The van der Waals surface area contributed by atoms with Crippen molar-refractivity contribution in [2.24, 2.45) is 11.8 Å². The lowest BCUT2D eigenvalue weighted by Gasteiger charge is -2.37. The number of amides is 2. The molecule has 0 saturated carbocycles. The molecule has 22 heavy (non-hydrogen) atoms. The fourth-order valence-corrected chi connectivity index (χ4v) is 4.64. The molecular formula is C15H26N2O4S. The second-order valence-electron chi connectivity index (χ2n) is 6.64. The van der Waals surface area contributed by atoms with E-state index in [1.807, 2.05) is 4.90 Å². The fourth-order valence-electron chi connectivity index (χ4n) is 3.45. The van der Waals surface area contributed by atoms with E-state index < -0.39 is 9.84 Å². The molecule has 6 nitrogen and oxygen atoms in total. The highest BCUT2D eigenvalue weighted by Gasteiger charge is 2.31. The summed E-state index contributed by atoms with van der Waals surface area (Å²) in [7, 11) is -2.94. The lowest BCUT2D eigenvalue weighted by molar-refractivity contribution is -0.141. The van der Waals surface area contributed by atoms with Crippen molar-refractivity contribution in [2.45, 2.75) is 32.6 Å². The van der Waals surface area contributed by atoms with E-state index >= 15 is 0 Å². The molecule has 2 amide bonds. The van der Waals surface area contributed by atoms with E-state index in [1.54, 1.807) is 11.8 Å². The first-order valence-corrected chi connectivity index (χ1v) is 10.0. The van der Waals surface area contributed by atoms with E-state index in [1.165, 1.54) is 6.26 Å². The quantitative estimate of drug-likeness (QED) is 0.756. The highest BCUT2D eigenvalue weighted by Crippen LogP contribution is 2.24. The number of likely N-dealkylation sites (tertiary alicyclic amines) is 2. The zero-order chi connectivity index (χ0) is 16.3. The number of piperidine rings is 2. The molecule has 2 aliphatic heterocycles. The summed E-state index contributed by atoms with van der Waals surface area (Å²) in [5.74, 6) is 0.681. The minimum Gasteiger partial charge on any atom is -0.343 e. The second kappa shape index (κ2) is 6.98. The van der Waals surface area contributed by atoms with Crippen molar-refractivity contribution < 1.29 is 18.0 Å². The average molecular weight is 330 g/mol. The normalized spacial score (nSPS) is 21.9. The summed E-state index contributed by atoms with van der Waals surface area (Å²) in [6, 6.07) is 0. The molecule has 7 heteroatoms. The van der Waals surface area contributed by atoms with Crippen molar-refractivity contribution in [1.82, 2.24) is 9.80 Å². The van der Waals surface area contributed by atoms with Gasteiger partial charge >= 0.3 is 0 Å². The van der Waals surface area contributed by atoms with Crippen LogP contribution in [0.15, 0.2) is 0 Å². The van der Waals surface area contributed by atoms with Gasteiger partial charge in [-0.2, -0.15) is 0 Å². The number of nitrogens with zero attached hydrogens (tertiary/aromatic N) is 2. The van der Waals surface area contributed by atoms with Crippen molar-refractivity contribution in [3.05, 3.63) is 0 Å². The van der Waals surface area contributed by atoms with Crippen molar-refractivity contribution in [3.63, 3.8) is 0 Å². The number of hydrogen-bond acceptors (Lipinski definition) is 4. The van der Waals surface area contributed by atoms with E-state index in [-0.39, 0.29) is 29.4 Å². The molecule has 2 fully saturated rings. The maximum absolute atomic E-state index is 12.5. The first kappa shape index (κ1) is 17.2. The number of carbonyl (C=O) groups is 2. The standard InChI is InChI=1S/C15H26N2O4S/c1-12(18)16-9-5-14(6-10-16)15(19)17-7-3-13(4-8-17)11-22(2,20)21/h13-14H,3-11H2,1-2H3.